The number of hydrogen-bond donors (Lipinski definition) is 2. The zero-order valence-corrected chi connectivity index (χ0v) is 13.1. The SMILES string of the molecule is CSc1nsc(NC(=O)Cc2n[nH]c(=O)c3ccccc23)n1. The molecule has 0 saturated carbocycles. The van der Waals surface area contributed by atoms with Crippen molar-refractivity contribution in [3.05, 3.63) is 40.3 Å². The lowest BCUT2D eigenvalue weighted by molar-refractivity contribution is -0.115. The van der Waals surface area contributed by atoms with Crippen LogP contribution in [0.5, 0.6) is 0 Å². The number of benzene rings is 1. The van der Waals surface area contributed by atoms with Crippen molar-refractivity contribution in [3.8, 4) is 0 Å². The van der Waals surface area contributed by atoms with Crippen LogP contribution in [0.3, 0.4) is 0 Å². The topological polar surface area (TPSA) is 101 Å². The smallest absolute Gasteiger partial charge is 0.272 e. The van der Waals surface area contributed by atoms with Crippen molar-refractivity contribution in [1.82, 2.24) is 19.6 Å². The predicted octanol–water partition coefficient (Wildman–Crippen LogP) is 1.68. The van der Waals surface area contributed by atoms with E-state index in [0.717, 1.165) is 11.5 Å². The van der Waals surface area contributed by atoms with Crippen molar-refractivity contribution in [1.29, 1.82) is 0 Å². The molecular formula is C13H11N5O2S2. The molecule has 0 radical (unpaired) electrons. The number of hydrogen-bond acceptors (Lipinski definition) is 7. The molecule has 0 unspecified atom stereocenters. The van der Waals surface area contributed by atoms with Crippen molar-refractivity contribution in [3.63, 3.8) is 0 Å². The van der Waals surface area contributed by atoms with Crippen LogP contribution in [0.25, 0.3) is 10.8 Å². The number of thioether (sulfide) groups is 1. The molecule has 0 saturated heterocycles. The van der Waals surface area contributed by atoms with Crippen molar-refractivity contribution >= 4 is 45.1 Å². The lowest BCUT2D eigenvalue weighted by Crippen LogP contribution is -2.18. The van der Waals surface area contributed by atoms with Crippen molar-refractivity contribution < 1.29 is 4.79 Å². The molecule has 2 aromatic heterocycles. The Morgan fingerprint density at radius 1 is 1.36 bits per heavy atom. The first-order valence-electron chi connectivity index (χ1n) is 6.31. The summed E-state index contributed by atoms with van der Waals surface area (Å²) in [5, 5.41) is 11.3. The number of nitrogens with one attached hydrogen (secondary N) is 2. The normalized spacial score (nSPS) is 10.8. The summed E-state index contributed by atoms with van der Waals surface area (Å²) in [6.07, 6.45) is 1.91. The van der Waals surface area contributed by atoms with E-state index in [2.05, 4.69) is 24.9 Å². The van der Waals surface area contributed by atoms with Gasteiger partial charge in [-0.2, -0.15) is 14.5 Å². The third-order valence-electron chi connectivity index (χ3n) is 2.94. The predicted molar refractivity (Wildman–Crippen MR) is 86.4 cm³/mol. The third kappa shape index (κ3) is 3.00. The van der Waals surface area contributed by atoms with Gasteiger partial charge in [0.2, 0.25) is 16.2 Å². The van der Waals surface area contributed by atoms with Crippen LogP contribution in [-0.2, 0) is 11.2 Å². The molecule has 1 amide bonds. The summed E-state index contributed by atoms with van der Waals surface area (Å²) in [6.45, 7) is 0. The van der Waals surface area contributed by atoms with Crippen molar-refractivity contribution in [2.45, 2.75) is 11.6 Å². The Hall–Kier alpha value is -2.26. The first-order chi connectivity index (χ1) is 10.7. The molecule has 2 heterocycles. The fraction of sp³-hybridized carbons (Fsp3) is 0.154. The average Bonchev–Trinajstić information content (AvgIpc) is 2.98. The maximum Gasteiger partial charge on any atom is 0.272 e. The van der Waals surface area contributed by atoms with Gasteiger partial charge in [0.15, 0.2) is 0 Å². The molecule has 9 heteroatoms. The molecule has 0 aliphatic rings. The zero-order valence-electron chi connectivity index (χ0n) is 11.5. The Morgan fingerprint density at radius 3 is 2.86 bits per heavy atom. The number of rotatable bonds is 4. The summed E-state index contributed by atoms with van der Waals surface area (Å²) in [7, 11) is 0. The molecule has 0 spiro atoms. The molecule has 0 fully saturated rings. The highest BCUT2D eigenvalue weighted by Crippen LogP contribution is 2.18. The Bertz CT molecular complexity index is 889. The summed E-state index contributed by atoms with van der Waals surface area (Å²) in [5.41, 5.74) is 0.246. The van der Waals surface area contributed by atoms with Crippen LogP contribution >= 0.6 is 23.3 Å². The molecule has 22 heavy (non-hydrogen) atoms. The zero-order chi connectivity index (χ0) is 15.5. The molecule has 0 atom stereocenters. The Morgan fingerprint density at radius 2 is 2.14 bits per heavy atom. The highest BCUT2D eigenvalue weighted by Gasteiger charge is 2.12. The van der Waals surface area contributed by atoms with Gasteiger partial charge in [-0.25, -0.2) is 5.10 Å². The minimum atomic E-state index is -0.270. The quantitative estimate of drug-likeness (QED) is 0.705. The highest BCUT2D eigenvalue weighted by molar-refractivity contribution is 7.98. The Balaban J connectivity index is 1.82. The van der Waals surface area contributed by atoms with E-state index in [1.54, 1.807) is 24.3 Å². The van der Waals surface area contributed by atoms with Gasteiger partial charge in [-0.15, -0.1) is 0 Å². The van der Waals surface area contributed by atoms with Gasteiger partial charge in [0.25, 0.3) is 5.56 Å². The van der Waals surface area contributed by atoms with Gasteiger partial charge in [-0.05, 0) is 12.3 Å². The summed E-state index contributed by atoms with van der Waals surface area (Å²) in [5.74, 6) is -0.256. The number of fused-ring (bicyclic) bond motifs is 1. The molecule has 0 aliphatic carbocycles. The second kappa shape index (κ2) is 6.24. The second-order valence-electron chi connectivity index (χ2n) is 4.36. The van der Waals surface area contributed by atoms with E-state index in [0.29, 0.717) is 26.8 Å². The van der Waals surface area contributed by atoms with Gasteiger partial charge in [-0.1, -0.05) is 30.0 Å². The average molecular weight is 333 g/mol. The first kappa shape index (κ1) is 14.7. The standard InChI is InChI=1S/C13H11N5O2S2/c1-21-13-15-12(22-18-13)14-10(19)6-9-7-4-2-3-5-8(7)11(20)17-16-9/h2-5H,6H2,1H3,(H,17,20)(H,14,15,18,19). The molecule has 3 rings (SSSR count). The molecule has 0 bridgehead atoms. The summed E-state index contributed by atoms with van der Waals surface area (Å²) in [6, 6.07) is 7.05. The summed E-state index contributed by atoms with van der Waals surface area (Å²) >= 11 is 2.54. The van der Waals surface area contributed by atoms with Crippen LogP contribution in [-0.4, -0.2) is 31.7 Å². The maximum absolute atomic E-state index is 12.1. The van der Waals surface area contributed by atoms with E-state index < -0.39 is 0 Å². The number of anilines is 1. The van der Waals surface area contributed by atoms with Gasteiger partial charge in [0, 0.05) is 16.9 Å². The molecule has 3 aromatic rings. The van der Waals surface area contributed by atoms with E-state index in [4.69, 9.17) is 0 Å². The fourth-order valence-electron chi connectivity index (χ4n) is 1.97. The van der Waals surface area contributed by atoms with E-state index in [1.165, 1.54) is 11.8 Å². The number of nitrogens with zero attached hydrogens (tertiary/aromatic N) is 3. The molecule has 0 aliphatic heterocycles. The molecule has 2 N–H and O–H groups in total. The van der Waals surface area contributed by atoms with Gasteiger partial charge < -0.3 is 5.32 Å². The Labute approximate surface area is 133 Å². The van der Waals surface area contributed by atoms with E-state index in [-0.39, 0.29) is 17.9 Å². The van der Waals surface area contributed by atoms with E-state index in [1.807, 2.05) is 6.26 Å². The highest BCUT2D eigenvalue weighted by atomic mass is 32.2. The largest absolute Gasteiger partial charge is 0.300 e. The summed E-state index contributed by atoms with van der Waals surface area (Å²) in [4.78, 5) is 28.0. The van der Waals surface area contributed by atoms with E-state index in [9.17, 15) is 9.59 Å². The molecule has 1 aromatic carbocycles. The maximum atomic E-state index is 12.1. The molecular weight excluding hydrogens is 322 g/mol. The number of H-pyrrole nitrogens is 1. The minimum absolute atomic E-state index is 0.0471. The first-order valence-corrected chi connectivity index (χ1v) is 8.31. The van der Waals surface area contributed by atoms with Crippen LogP contribution < -0.4 is 10.9 Å². The monoisotopic (exact) mass is 333 g/mol. The lowest BCUT2D eigenvalue weighted by Gasteiger charge is -2.04. The van der Waals surface area contributed by atoms with Crippen LogP contribution in [0.1, 0.15) is 5.69 Å². The van der Waals surface area contributed by atoms with Crippen LogP contribution in [0.15, 0.2) is 34.2 Å². The lowest BCUT2D eigenvalue weighted by atomic mass is 10.1. The van der Waals surface area contributed by atoms with Crippen molar-refractivity contribution in [2.75, 3.05) is 11.6 Å². The van der Waals surface area contributed by atoms with E-state index >= 15 is 0 Å². The van der Waals surface area contributed by atoms with Gasteiger partial charge in [-0.3, -0.25) is 9.59 Å². The number of carbonyl (C=O) groups excluding carboxylic acids is 1. The van der Waals surface area contributed by atoms with Gasteiger partial charge in [0.1, 0.15) is 0 Å². The van der Waals surface area contributed by atoms with Gasteiger partial charge >= 0.3 is 0 Å². The third-order valence-corrected chi connectivity index (χ3v) is 4.23. The second-order valence-corrected chi connectivity index (χ2v) is 5.88. The number of carbonyl (C=O) groups is 1. The summed E-state index contributed by atoms with van der Waals surface area (Å²) < 4.78 is 4.07. The van der Waals surface area contributed by atoms with Crippen LogP contribution in [0.4, 0.5) is 5.13 Å². The van der Waals surface area contributed by atoms with Gasteiger partial charge in [0.05, 0.1) is 17.5 Å². The number of aromatic nitrogens is 4. The number of aromatic amines is 1. The number of amides is 1. The van der Waals surface area contributed by atoms with Crippen LogP contribution in [0, 0.1) is 0 Å². The van der Waals surface area contributed by atoms with Crippen LogP contribution in [0.2, 0.25) is 0 Å². The van der Waals surface area contributed by atoms with Crippen molar-refractivity contribution in [2.24, 2.45) is 0 Å². The minimum Gasteiger partial charge on any atom is -0.300 e. The Kier molecular flexibility index (Phi) is 4.16. The molecule has 112 valence electrons. The molecule has 7 nitrogen and oxygen atoms in total. The fourth-order valence-corrected chi connectivity index (χ4v) is 3.11.